The van der Waals surface area contributed by atoms with Gasteiger partial charge in [0.05, 0.1) is 7.11 Å². The van der Waals surface area contributed by atoms with Crippen molar-refractivity contribution < 1.29 is 19.1 Å². The molecule has 28 heavy (non-hydrogen) atoms. The van der Waals surface area contributed by atoms with Crippen LogP contribution in [0.1, 0.15) is 49.9 Å². The number of amides is 2. The van der Waals surface area contributed by atoms with Gasteiger partial charge >= 0.3 is 0 Å². The summed E-state index contributed by atoms with van der Waals surface area (Å²) >= 11 is 0. The van der Waals surface area contributed by atoms with Gasteiger partial charge in [-0.05, 0) is 57.4 Å². The smallest absolute Gasteiger partial charge is 0.258 e. The second-order valence-corrected chi connectivity index (χ2v) is 7.24. The van der Waals surface area contributed by atoms with Crippen molar-refractivity contribution >= 4 is 24.2 Å². The van der Waals surface area contributed by atoms with Gasteiger partial charge in [0.25, 0.3) is 11.8 Å². The van der Waals surface area contributed by atoms with E-state index in [1.807, 2.05) is 13.8 Å². The van der Waals surface area contributed by atoms with Crippen molar-refractivity contribution in [2.75, 3.05) is 20.3 Å². The van der Waals surface area contributed by atoms with Crippen LogP contribution in [0.4, 0.5) is 0 Å². The number of halogens is 1. The van der Waals surface area contributed by atoms with Crippen molar-refractivity contribution in [1.29, 1.82) is 0 Å². The van der Waals surface area contributed by atoms with Crippen LogP contribution in [0.25, 0.3) is 0 Å². The first kappa shape index (κ1) is 24.0. The summed E-state index contributed by atoms with van der Waals surface area (Å²) in [5, 5.41) is 5.86. The number of hydrogen-bond donors (Lipinski definition) is 3. The van der Waals surface area contributed by atoms with Crippen molar-refractivity contribution in [3.05, 3.63) is 23.8 Å². The van der Waals surface area contributed by atoms with E-state index in [1.54, 1.807) is 18.2 Å². The van der Waals surface area contributed by atoms with E-state index >= 15 is 0 Å². The van der Waals surface area contributed by atoms with Gasteiger partial charge < -0.3 is 25.8 Å². The van der Waals surface area contributed by atoms with E-state index in [-0.39, 0.29) is 42.9 Å². The van der Waals surface area contributed by atoms with E-state index in [2.05, 4.69) is 10.6 Å². The maximum Gasteiger partial charge on any atom is 0.258 e. The predicted molar refractivity (Wildman–Crippen MR) is 111 cm³/mol. The SMILES string of the molecule is COc1cc(C(=O)NC2CCCCC2CN)ccc1OCC(=O)NC(C)C.Cl. The molecule has 2 unspecified atom stereocenters. The summed E-state index contributed by atoms with van der Waals surface area (Å²) in [6.45, 7) is 4.24. The lowest BCUT2D eigenvalue weighted by atomic mass is 9.84. The Morgan fingerprint density at radius 2 is 1.93 bits per heavy atom. The zero-order valence-corrected chi connectivity index (χ0v) is 17.6. The maximum absolute atomic E-state index is 12.6. The van der Waals surface area contributed by atoms with Crippen LogP contribution in [-0.4, -0.2) is 44.2 Å². The van der Waals surface area contributed by atoms with Crippen molar-refractivity contribution in [2.24, 2.45) is 11.7 Å². The Balaban J connectivity index is 0.00000392. The number of methoxy groups -OCH3 is 1. The molecule has 158 valence electrons. The average Bonchev–Trinajstić information content (AvgIpc) is 2.66. The van der Waals surface area contributed by atoms with E-state index < -0.39 is 0 Å². The Morgan fingerprint density at radius 3 is 2.57 bits per heavy atom. The van der Waals surface area contributed by atoms with Crippen molar-refractivity contribution in [3.63, 3.8) is 0 Å². The minimum Gasteiger partial charge on any atom is -0.493 e. The van der Waals surface area contributed by atoms with Crippen LogP contribution in [0, 0.1) is 5.92 Å². The summed E-state index contributed by atoms with van der Waals surface area (Å²) in [6.07, 6.45) is 4.28. The molecule has 2 rings (SSSR count). The number of hydrogen-bond acceptors (Lipinski definition) is 5. The van der Waals surface area contributed by atoms with Gasteiger partial charge in [0.2, 0.25) is 0 Å². The van der Waals surface area contributed by atoms with E-state index in [9.17, 15) is 9.59 Å². The molecule has 1 saturated carbocycles. The molecule has 0 heterocycles. The Hall–Kier alpha value is -1.99. The molecule has 2 atom stereocenters. The van der Waals surface area contributed by atoms with E-state index in [0.29, 0.717) is 29.5 Å². The highest BCUT2D eigenvalue weighted by Gasteiger charge is 2.26. The predicted octanol–water partition coefficient (Wildman–Crippen LogP) is 2.27. The standard InChI is InChI=1S/C20H31N3O4.ClH/c1-13(2)22-19(24)12-27-17-9-8-14(10-18(17)26-3)20(25)23-16-7-5-4-6-15(16)11-21;/h8-10,13,15-16H,4-7,11-12,21H2,1-3H3,(H,22,24)(H,23,25);1H. The third-order valence-corrected chi connectivity index (χ3v) is 4.76. The normalized spacial score (nSPS) is 18.8. The number of rotatable bonds is 8. The van der Waals surface area contributed by atoms with Crippen LogP contribution in [-0.2, 0) is 4.79 Å². The molecule has 1 aliphatic rings. The first-order valence-corrected chi connectivity index (χ1v) is 9.55. The summed E-state index contributed by atoms with van der Waals surface area (Å²) in [4.78, 5) is 24.4. The lowest BCUT2D eigenvalue weighted by molar-refractivity contribution is -0.123. The highest BCUT2D eigenvalue weighted by molar-refractivity contribution is 5.95. The zero-order valence-electron chi connectivity index (χ0n) is 16.8. The Morgan fingerprint density at radius 1 is 1.21 bits per heavy atom. The summed E-state index contributed by atoms with van der Waals surface area (Å²) in [7, 11) is 1.50. The Bertz CT molecular complexity index is 654. The van der Waals surface area contributed by atoms with Gasteiger partial charge in [0.15, 0.2) is 18.1 Å². The van der Waals surface area contributed by atoms with Gasteiger partial charge in [-0.1, -0.05) is 12.8 Å². The lowest BCUT2D eigenvalue weighted by Gasteiger charge is -2.31. The second kappa shape index (κ2) is 11.8. The van der Waals surface area contributed by atoms with Crippen molar-refractivity contribution in [3.8, 4) is 11.5 Å². The number of carbonyl (C=O) groups excluding carboxylic acids is 2. The molecule has 1 fully saturated rings. The molecule has 0 aliphatic heterocycles. The van der Waals surface area contributed by atoms with Gasteiger partial charge in [-0.2, -0.15) is 0 Å². The Labute approximate surface area is 173 Å². The summed E-state index contributed by atoms with van der Waals surface area (Å²) in [6, 6.07) is 5.11. The van der Waals surface area contributed by atoms with Crippen LogP contribution < -0.4 is 25.8 Å². The molecule has 8 heteroatoms. The monoisotopic (exact) mass is 413 g/mol. The molecule has 4 N–H and O–H groups in total. The third-order valence-electron chi connectivity index (χ3n) is 4.76. The molecule has 0 aromatic heterocycles. The molecule has 0 bridgehead atoms. The molecular formula is C20H32ClN3O4. The highest BCUT2D eigenvalue weighted by atomic mass is 35.5. The molecule has 1 aliphatic carbocycles. The molecule has 1 aromatic rings. The van der Waals surface area contributed by atoms with Gasteiger partial charge in [0, 0.05) is 17.6 Å². The van der Waals surface area contributed by atoms with Gasteiger partial charge in [-0.15, -0.1) is 12.4 Å². The fourth-order valence-electron chi connectivity index (χ4n) is 3.37. The molecule has 0 saturated heterocycles. The van der Waals surface area contributed by atoms with Gasteiger partial charge in [0.1, 0.15) is 0 Å². The van der Waals surface area contributed by atoms with Gasteiger partial charge in [-0.3, -0.25) is 9.59 Å². The molecule has 7 nitrogen and oxygen atoms in total. The summed E-state index contributed by atoms with van der Waals surface area (Å²) in [5.74, 6) is 0.804. The molecule has 2 amide bonds. The van der Waals surface area contributed by atoms with Crippen LogP contribution in [0.2, 0.25) is 0 Å². The number of benzene rings is 1. The summed E-state index contributed by atoms with van der Waals surface area (Å²) < 4.78 is 10.8. The van der Waals surface area contributed by atoms with Crippen LogP contribution >= 0.6 is 12.4 Å². The Kier molecular flexibility index (Phi) is 10.1. The highest BCUT2D eigenvalue weighted by Crippen LogP contribution is 2.29. The third kappa shape index (κ3) is 6.87. The fourth-order valence-corrected chi connectivity index (χ4v) is 3.37. The molecular weight excluding hydrogens is 382 g/mol. The minimum atomic E-state index is -0.209. The van der Waals surface area contributed by atoms with Crippen molar-refractivity contribution in [1.82, 2.24) is 10.6 Å². The number of ether oxygens (including phenoxy) is 2. The number of nitrogens with two attached hydrogens (primary N) is 1. The molecule has 0 spiro atoms. The van der Waals surface area contributed by atoms with Crippen LogP contribution in [0.15, 0.2) is 18.2 Å². The average molecular weight is 414 g/mol. The fraction of sp³-hybridized carbons (Fsp3) is 0.600. The van der Waals surface area contributed by atoms with E-state index in [4.69, 9.17) is 15.2 Å². The van der Waals surface area contributed by atoms with Crippen molar-refractivity contribution in [2.45, 2.75) is 51.6 Å². The quantitative estimate of drug-likeness (QED) is 0.606. The number of nitrogens with one attached hydrogen (secondary N) is 2. The molecule has 0 radical (unpaired) electrons. The molecule has 1 aromatic carbocycles. The maximum atomic E-state index is 12.6. The lowest BCUT2D eigenvalue weighted by Crippen LogP contribution is -2.44. The van der Waals surface area contributed by atoms with Crippen LogP contribution in [0.3, 0.4) is 0 Å². The van der Waals surface area contributed by atoms with E-state index in [1.165, 1.54) is 13.5 Å². The van der Waals surface area contributed by atoms with Gasteiger partial charge in [-0.25, -0.2) is 0 Å². The minimum absolute atomic E-state index is 0. The largest absolute Gasteiger partial charge is 0.493 e. The second-order valence-electron chi connectivity index (χ2n) is 7.24. The zero-order chi connectivity index (χ0) is 19.8. The van der Waals surface area contributed by atoms with E-state index in [0.717, 1.165) is 19.3 Å². The van der Waals surface area contributed by atoms with Crippen LogP contribution in [0.5, 0.6) is 11.5 Å². The topological polar surface area (TPSA) is 103 Å². The summed E-state index contributed by atoms with van der Waals surface area (Å²) in [5.41, 5.74) is 6.33. The first-order chi connectivity index (χ1) is 12.9. The first-order valence-electron chi connectivity index (χ1n) is 9.55. The number of carbonyl (C=O) groups is 2.